The standard InChI is InChI=1S/C11H12BrClN4/c12-9-6-15-10(13)8-5-16-11(17(8)9)7-2-1-3-14-4-7/h5-7,14H,1-4H2. The Morgan fingerprint density at radius 2 is 2.29 bits per heavy atom. The number of hydrogen-bond donors (Lipinski definition) is 1. The molecule has 2 aromatic rings. The fraction of sp³-hybridized carbons (Fsp3) is 0.455. The highest BCUT2D eigenvalue weighted by molar-refractivity contribution is 9.10. The molecule has 17 heavy (non-hydrogen) atoms. The molecule has 1 N–H and O–H groups in total. The Hall–Kier alpha value is -0.650. The Kier molecular flexibility index (Phi) is 3.06. The highest BCUT2D eigenvalue weighted by Gasteiger charge is 2.21. The summed E-state index contributed by atoms with van der Waals surface area (Å²) in [5.74, 6) is 1.50. The van der Waals surface area contributed by atoms with E-state index in [2.05, 4.69) is 31.2 Å². The quantitative estimate of drug-likeness (QED) is 0.879. The SMILES string of the molecule is Clc1ncc(Br)n2c(C3CCCNC3)ncc12. The molecular weight excluding hydrogens is 304 g/mol. The van der Waals surface area contributed by atoms with E-state index in [0.29, 0.717) is 11.1 Å². The van der Waals surface area contributed by atoms with Crippen LogP contribution in [0.2, 0.25) is 5.15 Å². The molecule has 1 fully saturated rings. The summed E-state index contributed by atoms with van der Waals surface area (Å²) in [5, 5.41) is 3.90. The zero-order valence-corrected chi connectivity index (χ0v) is 11.5. The van der Waals surface area contributed by atoms with Crippen molar-refractivity contribution >= 4 is 33.0 Å². The zero-order valence-electron chi connectivity index (χ0n) is 9.16. The van der Waals surface area contributed by atoms with Crippen molar-refractivity contribution < 1.29 is 0 Å². The molecule has 1 atom stereocenters. The Morgan fingerprint density at radius 1 is 1.41 bits per heavy atom. The van der Waals surface area contributed by atoms with Crippen molar-refractivity contribution in [1.29, 1.82) is 0 Å². The Balaban J connectivity index is 2.13. The number of piperidine rings is 1. The summed E-state index contributed by atoms with van der Waals surface area (Å²) in [7, 11) is 0. The van der Waals surface area contributed by atoms with Gasteiger partial charge in [-0.15, -0.1) is 0 Å². The molecular formula is C11H12BrClN4. The molecule has 1 saturated heterocycles. The van der Waals surface area contributed by atoms with Gasteiger partial charge < -0.3 is 5.32 Å². The topological polar surface area (TPSA) is 42.2 Å². The number of hydrogen-bond acceptors (Lipinski definition) is 3. The van der Waals surface area contributed by atoms with Crippen LogP contribution in [0.1, 0.15) is 24.6 Å². The molecule has 0 aliphatic carbocycles. The first kappa shape index (κ1) is 11.4. The van der Waals surface area contributed by atoms with Gasteiger partial charge in [0.25, 0.3) is 0 Å². The van der Waals surface area contributed by atoms with E-state index >= 15 is 0 Å². The summed E-state index contributed by atoms with van der Waals surface area (Å²) < 4.78 is 2.95. The van der Waals surface area contributed by atoms with Crippen LogP contribution in [0.5, 0.6) is 0 Å². The van der Waals surface area contributed by atoms with Gasteiger partial charge in [-0.1, -0.05) is 11.6 Å². The maximum Gasteiger partial charge on any atom is 0.154 e. The molecule has 6 heteroatoms. The second-order valence-corrected chi connectivity index (χ2v) is 5.42. The smallest absolute Gasteiger partial charge is 0.154 e. The van der Waals surface area contributed by atoms with E-state index in [9.17, 15) is 0 Å². The average molecular weight is 316 g/mol. The first-order valence-electron chi connectivity index (χ1n) is 5.65. The van der Waals surface area contributed by atoms with Crippen LogP contribution >= 0.6 is 27.5 Å². The maximum absolute atomic E-state index is 6.07. The average Bonchev–Trinajstić information content (AvgIpc) is 2.81. The third-order valence-corrected chi connectivity index (χ3v) is 4.01. The van der Waals surface area contributed by atoms with Gasteiger partial charge in [0, 0.05) is 12.5 Å². The van der Waals surface area contributed by atoms with E-state index in [1.165, 1.54) is 12.8 Å². The Morgan fingerprint density at radius 3 is 3.06 bits per heavy atom. The van der Waals surface area contributed by atoms with Gasteiger partial charge in [-0.3, -0.25) is 4.40 Å². The molecule has 0 bridgehead atoms. The third-order valence-electron chi connectivity index (χ3n) is 3.16. The van der Waals surface area contributed by atoms with Crippen LogP contribution in [0.4, 0.5) is 0 Å². The lowest BCUT2D eigenvalue weighted by Gasteiger charge is -2.22. The first-order chi connectivity index (χ1) is 8.27. The molecule has 4 nitrogen and oxygen atoms in total. The van der Waals surface area contributed by atoms with Gasteiger partial charge in [0.2, 0.25) is 0 Å². The summed E-state index contributed by atoms with van der Waals surface area (Å²) in [4.78, 5) is 8.62. The third kappa shape index (κ3) is 1.96. The zero-order chi connectivity index (χ0) is 11.8. The minimum atomic E-state index is 0.445. The lowest BCUT2D eigenvalue weighted by atomic mass is 9.99. The van der Waals surface area contributed by atoms with Crippen molar-refractivity contribution in [1.82, 2.24) is 19.7 Å². The van der Waals surface area contributed by atoms with Crippen LogP contribution in [-0.4, -0.2) is 27.5 Å². The lowest BCUT2D eigenvalue weighted by Crippen LogP contribution is -2.29. The van der Waals surface area contributed by atoms with Crippen molar-refractivity contribution in [3.8, 4) is 0 Å². The second kappa shape index (κ2) is 4.55. The highest BCUT2D eigenvalue weighted by atomic mass is 79.9. The van der Waals surface area contributed by atoms with E-state index in [1.807, 2.05) is 4.40 Å². The van der Waals surface area contributed by atoms with Crippen molar-refractivity contribution in [2.45, 2.75) is 18.8 Å². The van der Waals surface area contributed by atoms with Crippen LogP contribution in [0, 0.1) is 0 Å². The number of nitrogens with zero attached hydrogens (tertiary/aromatic N) is 3. The summed E-state index contributed by atoms with van der Waals surface area (Å²) >= 11 is 9.58. The van der Waals surface area contributed by atoms with E-state index in [1.54, 1.807) is 12.4 Å². The number of rotatable bonds is 1. The maximum atomic E-state index is 6.07. The van der Waals surface area contributed by atoms with Gasteiger partial charge in [0.05, 0.1) is 12.4 Å². The van der Waals surface area contributed by atoms with Gasteiger partial charge >= 0.3 is 0 Å². The molecule has 0 saturated carbocycles. The first-order valence-corrected chi connectivity index (χ1v) is 6.82. The summed E-state index contributed by atoms with van der Waals surface area (Å²) in [5.41, 5.74) is 0.863. The fourth-order valence-electron chi connectivity index (χ4n) is 2.33. The monoisotopic (exact) mass is 314 g/mol. The van der Waals surface area contributed by atoms with Crippen molar-refractivity contribution in [3.05, 3.63) is 28.0 Å². The molecule has 0 radical (unpaired) electrons. The normalized spacial score (nSPS) is 20.9. The van der Waals surface area contributed by atoms with Crippen molar-refractivity contribution in [3.63, 3.8) is 0 Å². The van der Waals surface area contributed by atoms with E-state index < -0.39 is 0 Å². The number of halogens is 2. The molecule has 3 rings (SSSR count). The Bertz CT molecular complexity index is 548. The van der Waals surface area contributed by atoms with E-state index in [0.717, 1.165) is 29.0 Å². The molecule has 90 valence electrons. The van der Waals surface area contributed by atoms with Crippen LogP contribution in [-0.2, 0) is 0 Å². The second-order valence-electron chi connectivity index (χ2n) is 4.25. The van der Waals surface area contributed by atoms with Crippen molar-refractivity contribution in [2.24, 2.45) is 0 Å². The molecule has 3 heterocycles. The largest absolute Gasteiger partial charge is 0.316 e. The summed E-state index contributed by atoms with van der Waals surface area (Å²) in [6, 6.07) is 0. The number of imidazole rings is 1. The van der Waals surface area contributed by atoms with Crippen molar-refractivity contribution in [2.75, 3.05) is 13.1 Å². The predicted octanol–water partition coefficient (Wildman–Crippen LogP) is 2.61. The minimum absolute atomic E-state index is 0.445. The minimum Gasteiger partial charge on any atom is -0.316 e. The molecule has 1 unspecified atom stereocenters. The molecule has 0 aromatic carbocycles. The summed E-state index contributed by atoms with van der Waals surface area (Å²) in [6.07, 6.45) is 5.87. The fourth-order valence-corrected chi connectivity index (χ4v) is 2.99. The molecule has 1 aliphatic rings. The van der Waals surface area contributed by atoms with Gasteiger partial charge in [0.1, 0.15) is 15.9 Å². The van der Waals surface area contributed by atoms with Crippen LogP contribution in [0.15, 0.2) is 17.0 Å². The van der Waals surface area contributed by atoms with Crippen LogP contribution < -0.4 is 5.32 Å². The molecule has 1 aliphatic heterocycles. The van der Waals surface area contributed by atoms with Crippen LogP contribution in [0.3, 0.4) is 0 Å². The predicted molar refractivity (Wildman–Crippen MR) is 70.5 cm³/mol. The number of fused-ring (bicyclic) bond motifs is 1. The number of aromatic nitrogens is 3. The van der Waals surface area contributed by atoms with Gasteiger partial charge in [-0.25, -0.2) is 9.97 Å². The molecule has 2 aromatic heterocycles. The lowest BCUT2D eigenvalue weighted by molar-refractivity contribution is 0.445. The number of nitrogens with one attached hydrogen (secondary N) is 1. The van der Waals surface area contributed by atoms with Gasteiger partial charge in [0.15, 0.2) is 5.15 Å². The highest BCUT2D eigenvalue weighted by Crippen LogP contribution is 2.28. The summed E-state index contributed by atoms with van der Waals surface area (Å²) in [6.45, 7) is 2.08. The van der Waals surface area contributed by atoms with Gasteiger partial charge in [-0.2, -0.15) is 0 Å². The Labute approximate surface area is 113 Å². The van der Waals surface area contributed by atoms with E-state index in [4.69, 9.17) is 11.6 Å². The molecule has 0 amide bonds. The van der Waals surface area contributed by atoms with E-state index in [-0.39, 0.29) is 0 Å². The molecule has 0 spiro atoms. The van der Waals surface area contributed by atoms with Gasteiger partial charge in [-0.05, 0) is 35.3 Å². The van der Waals surface area contributed by atoms with Crippen LogP contribution in [0.25, 0.3) is 5.52 Å².